The van der Waals surface area contributed by atoms with Crippen molar-refractivity contribution < 1.29 is 4.52 Å². The first-order chi connectivity index (χ1) is 7.24. The van der Waals surface area contributed by atoms with Gasteiger partial charge in [-0.05, 0) is 25.8 Å². The lowest BCUT2D eigenvalue weighted by Gasteiger charge is -1.99. The number of aromatic nitrogens is 2. The minimum Gasteiger partial charge on any atom is -0.339 e. The lowest BCUT2D eigenvalue weighted by Crippen LogP contribution is -1.92. The van der Waals surface area contributed by atoms with Crippen molar-refractivity contribution in [2.24, 2.45) is 0 Å². The maximum atomic E-state index is 5.06. The van der Waals surface area contributed by atoms with E-state index >= 15 is 0 Å². The molecule has 0 N–H and O–H groups in total. The first-order valence-electron chi connectivity index (χ1n) is 5.09. The molecule has 0 atom stereocenters. The van der Waals surface area contributed by atoms with Gasteiger partial charge in [-0.2, -0.15) is 4.98 Å². The molecule has 0 unspecified atom stereocenters. The highest BCUT2D eigenvalue weighted by molar-refractivity contribution is 5.22. The van der Waals surface area contributed by atoms with Crippen molar-refractivity contribution in [3.63, 3.8) is 0 Å². The zero-order valence-corrected chi connectivity index (χ0v) is 9.03. The molecule has 0 fully saturated rings. The maximum absolute atomic E-state index is 5.06. The fourth-order valence-electron chi connectivity index (χ4n) is 1.56. The Bertz CT molecular complexity index is 448. The molecule has 0 spiro atoms. The highest BCUT2D eigenvalue weighted by Crippen LogP contribution is 2.08. The monoisotopic (exact) mass is 202 g/mol. The highest BCUT2D eigenvalue weighted by Gasteiger charge is 2.02. The average molecular weight is 202 g/mol. The van der Waals surface area contributed by atoms with Crippen molar-refractivity contribution in [3.05, 3.63) is 47.1 Å². The van der Waals surface area contributed by atoms with E-state index < -0.39 is 0 Å². The fraction of sp³-hybridized carbons (Fsp3) is 0.333. The largest absolute Gasteiger partial charge is 0.339 e. The molecule has 1 heterocycles. The molecule has 0 amide bonds. The summed E-state index contributed by atoms with van der Waals surface area (Å²) < 4.78 is 5.06. The van der Waals surface area contributed by atoms with E-state index in [1.807, 2.05) is 6.92 Å². The summed E-state index contributed by atoms with van der Waals surface area (Å²) in [5.74, 6) is 1.42. The molecule has 3 heteroatoms. The van der Waals surface area contributed by atoms with Crippen LogP contribution in [-0.4, -0.2) is 10.1 Å². The van der Waals surface area contributed by atoms with Gasteiger partial charge >= 0.3 is 0 Å². The quantitative estimate of drug-likeness (QED) is 0.767. The Morgan fingerprint density at radius 3 is 2.73 bits per heavy atom. The van der Waals surface area contributed by atoms with Gasteiger partial charge in [-0.1, -0.05) is 35.0 Å². The Labute approximate surface area is 89.1 Å². The predicted octanol–water partition coefficient (Wildman–Crippen LogP) is 2.47. The number of nitrogens with zero attached hydrogens (tertiary/aromatic N) is 2. The Morgan fingerprint density at radius 2 is 2.07 bits per heavy atom. The van der Waals surface area contributed by atoms with E-state index in [4.69, 9.17) is 4.52 Å². The first-order valence-corrected chi connectivity index (χ1v) is 5.09. The third-order valence-electron chi connectivity index (χ3n) is 2.28. The third kappa shape index (κ3) is 2.65. The molecular formula is C12H14N2O. The number of hydrogen-bond donors (Lipinski definition) is 0. The maximum Gasteiger partial charge on any atom is 0.226 e. The van der Waals surface area contributed by atoms with Gasteiger partial charge in [-0.3, -0.25) is 0 Å². The highest BCUT2D eigenvalue weighted by atomic mass is 16.5. The lowest BCUT2D eigenvalue weighted by molar-refractivity contribution is 0.374. The zero-order chi connectivity index (χ0) is 10.7. The molecule has 78 valence electrons. The van der Waals surface area contributed by atoms with Gasteiger partial charge in [0.25, 0.3) is 0 Å². The molecule has 0 aliphatic rings. The summed E-state index contributed by atoms with van der Waals surface area (Å²) in [6.07, 6.45) is 1.76. The van der Waals surface area contributed by atoms with Crippen LogP contribution in [0, 0.1) is 13.8 Å². The number of hydrogen-bond acceptors (Lipinski definition) is 3. The van der Waals surface area contributed by atoms with Gasteiger partial charge in [0.1, 0.15) is 0 Å². The van der Waals surface area contributed by atoms with Crippen LogP contribution in [0.4, 0.5) is 0 Å². The van der Waals surface area contributed by atoms with E-state index in [-0.39, 0.29) is 0 Å². The summed E-state index contributed by atoms with van der Waals surface area (Å²) in [5.41, 5.74) is 2.60. The molecule has 2 rings (SSSR count). The second kappa shape index (κ2) is 4.26. The summed E-state index contributed by atoms with van der Waals surface area (Å²) in [5, 5.41) is 3.76. The summed E-state index contributed by atoms with van der Waals surface area (Å²) >= 11 is 0. The van der Waals surface area contributed by atoms with Gasteiger partial charge in [0.05, 0.1) is 0 Å². The van der Waals surface area contributed by atoms with Crippen LogP contribution in [-0.2, 0) is 12.8 Å². The van der Waals surface area contributed by atoms with Gasteiger partial charge in [0.2, 0.25) is 5.89 Å². The lowest BCUT2D eigenvalue weighted by atomic mass is 10.1. The van der Waals surface area contributed by atoms with Crippen LogP contribution in [0.1, 0.15) is 22.8 Å². The topological polar surface area (TPSA) is 38.9 Å². The van der Waals surface area contributed by atoms with Gasteiger partial charge < -0.3 is 4.52 Å². The predicted molar refractivity (Wildman–Crippen MR) is 57.6 cm³/mol. The molecule has 0 saturated heterocycles. The molecule has 0 aliphatic heterocycles. The van der Waals surface area contributed by atoms with Gasteiger partial charge in [0, 0.05) is 6.42 Å². The van der Waals surface area contributed by atoms with Gasteiger partial charge in [-0.25, -0.2) is 0 Å². The summed E-state index contributed by atoms with van der Waals surface area (Å²) in [6.45, 7) is 3.93. The number of benzene rings is 1. The van der Waals surface area contributed by atoms with Crippen LogP contribution >= 0.6 is 0 Å². The van der Waals surface area contributed by atoms with Crippen molar-refractivity contribution in [1.82, 2.24) is 10.1 Å². The van der Waals surface area contributed by atoms with E-state index in [0.29, 0.717) is 11.7 Å². The first kappa shape index (κ1) is 9.90. The molecule has 0 saturated carbocycles. The summed E-state index contributed by atoms with van der Waals surface area (Å²) in [7, 11) is 0. The number of rotatable bonds is 3. The van der Waals surface area contributed by atoms with E-state index in [1.165, 1.54) is 11.1 Å². The van der Waals surface area contributed by atoms with E-state index in [9.17, 15) is 0 Å². The number of aryl methyl sites for hydroxylation is 4. The van der Waals surface area contributed by atoms with Crippen LogP contribution in [0.25, 0.3) is 0 Å². The second-order valence-corrected chi connectivity index (χ2v) is 3.72. The van der Waals surface area contributed by atoms with E-state index in [0.717, 1.165) is 12.8 Å². The van der Waals surface area contributed by atoms with Crippen molar-refractivity contribution in [1.29, 1.82) is 0 Å². The molecule has 1 aromatic carbocycles. The molecular weight excluding hydrogens is 188 g/mol. The van der Waals surface area contributed by atoms with Crippen LogP contribution in [0.2, 0.25) is 0 Å². The Morgan fingerprint density at radius 1 is 1.20 bits per heavy atom. The van der Waals surface area contributed by atoms with Gasteiger partial charge in [-0.15, -0.1) is 0 Å². The summed E-state index contributed by atoms with van der Waals surface area (Å²) in [4.78, 5) is 4.17. The molecule has 3 nitrogen and oxygen atoms in total. The molecule has 0 aliphatic carbocycles. The molecule has 2 aromatic rings. The smallest absolute Gasteiger partial charge is 0.226 e. The van der Waals surface area contributed by atoms with E-state index in [1.54, 1.807) is 0 Å². The van der Waals surface area contributed by atoms with Crippen LogP contribution < -0.4 is 0 Å². The van der Waals surface area contributed by atoms with Crippen molar-refractivity contribution >= 4 is 0 Å². The van der Waals surface area contributed by atoms with Crippen LogP contribution in [0.5, 0.6) is 0 Å². The molecule has 0 radical (unpaired) electrons. The Kier molecular flexibility index (Phi) is 2.81. The van der Waals surface area contributed by atoms with Crippen molar-refractivity contribution in [2.75, 3.05) is 0 Å². The Balaban J connectivity index is 1.99. The standard InChI is InChI=1S/C12H14N2O/c1-9-4-3-5-11(8-9)6-7-12-13-10(2)14-15-12/h3-5,8H,6-7H2,1-2H3. The minimum absolute atomic E-state index is 0.703. The Hall–Kier alpha value is -1.64. The second-order valence-electron chi connectivity index (χ2n) is 3.72. The van der Waals surface area contributed by atoms with Crippen LogP contribution in [0.15, 0.2) is 28.8 Å². The zero-order valence-electron chi connectivity index (χ0n) is 9.03. The molecule has 0 bridgehead atoms. The van der Waals surface area contributed by atoms with Crippen molar-refractivity contribution in [2.45, 2.75) is 26.7 Å². The molecule has 15 heavy (non-hydrogen) atoms. The van der Waals surface area contributed by atoms with E-state index in [2.05, 4.69) is 41.3 Å². The third-order valence-corrected chi connectivity index (χ3v) is 2.28. The van der Waals surface area contributed by atoms with Crippen LogP contribution in [0.3, 0.4) is 0 Å². The average Bonchev–Trinajstić information content (AvgIpc) is 2.62. The molecule has 1 aromatic heterocycles. The SMILES string of the molecule is Cc1cccc(CCc2nc(C)no2)c1. The minimum atomic E-state index is 0.703. The summed E-state index contributed by atoms with van der Waals surface area (Å²) in [6, 6.07) is 8.48. The fourth-order valence-corrected chi connectivity index (χ4v) is 1.56. The van der Waals surface area contributed by atoms with Crippen molar-refractivity contribution in [3.8, 4) is 0 Å². The van der Waals surface area contributed by atoms with Gasteiger partial charge in [0.15, 0.2) is 5.82 Å². The normalized spacial score (nSPS) is 10.5.